The number of carbonyl (C=O) groups excluding carboxylic acids is 1. The van der Waals surface area contributed by atoms with Crippen LogP contribution in [0.1, 0.15) is 21.5 Å². The number of nitrogens with one attached hydrogen (secondary N) is 3. The first-order valence-corrected chi connectivity index (χ1v) is 6.86. The molecule has 0 aliphatic carbocycles. The normalized spacial score (nSPS) is 13.3. The summed E-state index contributed by atoms with van der Waals surface area (Å²) in [5.74, 6) is -0.114. The van der Waals surface area contributed by atoms with Gasteiger partial charge in [-0.15, -0.1) is 0 Å². The monoisotopic (exact) mass is 278 g/mol. The summed E-state index contributed by atoms with van der Waals surface area (Å²) in [6.45, 7) is 1.76. The lowest BCUT2D eigenvalue weighted by molar-refractivity contribution is 0.102. The number of imidazole rings is 1. The molecule has 0 atom stereocenters. The van der Waals surface area contributed by atoms with Crippen LogP contribution in [0.25, 0.3) is 11.0 Å². The minimum absolute atomic E-state index is 0.114. The van der Waals surface area contributed by atoms with Crippen molar-refractivity contribution in [3.8, 4) is 0 Å². The fraction of sp³-hybridized carbons (Fsp3) is 0.125. The fourth-order valence-electron chi connectivity index (χ4n) is 2.65. The maximum Gasteiger partial charge on any atom is 0.255 e. The average molecular weight is 278 g/mol. The van der Waals surface area contributed by atoms with Crippen LogP contribution in [0.2, 0.25) is 0 Å². The Bertz CT molecular complexity index is 837. The van der Waals surface area contributed by atoms with Crippen LogP contribution in [0.15, 0.2) is 42.7 Å². The van der Waals surface area contributed by atoms with E-state index >= 15 is 0 Å². The van der Waals surface area contributed by atoms with Crippen molar-refractivity contribution in [3.05, 3.63) is 59.4 Å². The number of nitrogens with zero attached hydrogens (tertiary/aromatic N) is 1. The molecule has 3 aromatic rings. The summed E-state index contributed by atoms with van der Waals surface area (Å²) in [7, 11) is 0. The van der Waals surface area contributed by atoms with E-state index in [-0.39, 0.29) is 5.91 Å². The van der Waals surface area contributed by atoms with Crippen molar-refractivity contribution in [2.24, 2.45) is 0 Å². The molecule has 0 fully saturated rings. The predicted octanol–water partition coefficient (Wildman–Crippen LogP) is 2.42. The van der Waals surface area contributed by atoms with E-state index in [1.165, 1.54) is 11.1 Å². The Morgan fingerprint density at radius 2 is 2.00 bits per heavy atom. The first-order valence-electron chi connectivity index (χ1n) is 6.86. The highest BCUT2D eigenvalue weighted by Crippen LogP contribution is 2.21. The van der Waals surface area contributed by atoms with Crippen LogP contribution in [-0.4, -0.2) is 15.9 Å². The molecule has 1 amide bonds. The SMILES string of the molecule is O=C(Nc1ccc2c(c1)CNC2)c1ccc2nc[nH]c2c1. The lowest BCUT2D eigenvalue weighted by Gasteiger charge is -2.07. The summed E-state index contributed by atoms with van der Waals surface area (Å²) in [6.07, 6.45) is 1.62. The molecule has 21 heavy (non-hydrogen) atoms. The summed E-state index contributed by atoms with van der Waals surface area (Å²) >= 11 is 0. The number of fused-ring (bicyclic) bond motifs is 2. The molecule has 0 unspecified atom stereocenters. The van der Waals surface area contributed by atoms with Gasteiger partial charge in [-0.3, -0.25) is 4.79 Å². The lowest BCUT2D eigenvalue weighted by Crippen LogP contribution is -2.12. The van der Waals surface area contributed by atoms with Gasteiger partial charge >= 0.3 is 0 Å². The average Bonchev–Trinajstić information content (AvgIpc) is 3.14. The van der Waals surface area contributed by atoms with Gasteiger partial charge in [0.25, 0.3) is 5.91 Å². The molecule has 104 valence electrons. The van der Waals surface area contributed by atoms with Gasteiger partial charge in [0.1, 0.15) is 0 Å². The van der Waals surface area contributed by atoms with Gasteiger partial charge in [0.05, 0.1) is 17.4 Å². The number of benzene rings is 2. The Morgan fingerprint density at radius 3 is 2.95 bits per heavy atom. The van der Waals surface area contributed by atoms with Crippen molar-refractivity contribution in [3.63, 3.8) is 0 Å². The number of amides is 1. The van der Waals surface area contributed by atoms with Gasteiger partial charge in [0, 0.05) is 24.3 Å². The zero-order valence-corrected chi connectivity index (χ0v) is 11.3. The molecule has 0 spiro atoms. The smallest absolute Gasteiger partial charge is 0.255 e. The fourth-order valence-corrected chi connectivity index (χ4v) is 2.65. The first-order chi connectivity index (χ1) is 10.3. The van der Waals surface area contributed by atoms with E-state index in [2.05, 4.69) is 26.7 Å². The first kappa shape index (κ1) is 12.1. The highest BCUT2D eigenvalue weighted by atomic mass is 16.1. The number of hydrogen-bond donors (Lipinski definition) is 3. The maximum absolute atomic E-state index is 12.3. The van der Waals surface area contributed by atoms with Gasteiger partial charge in [-0.05, 0) is 41.5 Å². The van der Waals surface area contributed by atoms with Crippen molar-refractivity contribution < 1.29 is 4.79 Å². The second-order valence-electron chi connectivity index (χ2n) is 5.18. The van der Waals surface area contributed by atoms with Crippen LogP contribution >= 0.6 is 0 Å². The Hall–Kier alpha value is -2.66. The molecule has 3 N–H and O–H groups in total. The predicted molar refractivity (Wildman–Crippen MR) is 81.0 cm³/mol. The number of carbonyl (C=O) groups is 1. The largest absolute Gasteiger partial charge is 0.345 e. The number of aromatic nitrogens is 2. The number of H-pyrrole nitrogens is 1. The quantitative estimate of drug-likeness (QED) is 0.674. The van der Waals surface area contributed by atoms with Crippen molar-refractivity contribution in [1.29, 1.82) is 0 Å². The van der Waals surface area contributed by atoms with Crippen LogP contribution in [0.5, 0.6) is 0 Å². The van der Waals surface area contributed by atoms with E-state index in [0.717, 1.165) is 29.8 Å². The standard InChI is InChI=1S/C16H14N4O/c21-16(10-2-4-14-15(6-10)19-9-18-14)20-13-3-1-11-7-17-8-12(11)5-13/h1-6,9,17H,7-8H2,(H,18,19)(H,20,21). The molecular formula is C16H14N4O. The second-order valence-corrected chi connectivity index (χ2v) is 5.18. The number of rotatable bonds is 2. The van der Waals surface area contributed by atoms with Crippen LogP contribution in [-0.2, 0) is 13.1 Å². The second kappa shape index (κ2) is 4.71. The molecule has 0 saturated heterocycles. The van der Waals surface area contributed by atoms with Crippen LogP contribution in [0.3, 0.4) is 0 Å². The molecule has 1 aliphatic heterocycles. The van der Waals surface area contributed by atoms with Gasteiger partial charge in [-0.1, -0.05) is 6.07 Å². The van der Waals surface area contributed by atoms with Crippen molar-refractivity contribution >= 4 is 22.6 Å². The zero-order valence-electron chi connectivity index (χ0n) is 11.3. The minimum Gasteiger partial charge on any atom is -0.345 e. The summed E-state index contributed by atoms with van der Waals surface area (Å²) in [5, 5.41) is 6.24. The molecule has 1 aromatic heterocycles. The van der Waals surface area contributed by atoms with E-state index in [0.29, 0.717) is 5.56 Å². The van der Waals surface area contributed by atoms with E-state index in [4.69, 9.17) is 0 Å². The maximum atomic E-state index is 12.3. The number of anilines is 1. The van der Waals surface area contributed by atoms with Crippen molar-refractivity contribution in [2.45, 2.75) is 13.1 Å². The Morgan fingerprint density at radius 1 is 1.10 bits per heavy atom. The third-order valence-electron chi connectivity index (χ3n) is 3.78. The van der Waals surface area contributed by atoms with E-state index in [9.17, 15) is 4.79 Å². The molecule has 0 radical (unpaired) electrons. The molecule has 5 heteroatoms. The molecule has 5 nitrogen and oxygen atoms in total. The summed E-state index contributed by atoms with van der Waals surface area (Å²) in [6, 6.07) is 11.5. The van der Waals surface area contributed by atoms with Gasteiger partial charge in [0.2, 0.25) is 0 Å². The van der Waals surface area contributed by atoms with Gasteiger partial charge in [-0.25, -0.2) is 4.98 Å². The molecule has 0 bridgehead atoms. The minimum atomic E-state index is -0.114. The molecular weight excluding hydrogens is 264 g/mol. The molecule has 0 saturated carbocycles. The highest BCUT2D eigenvalue weighted by molar-refractivity contribution is 6.05. The molecule has 4 rings (SSSR count). The third-order valence-corrected chi connectivity index (χ3v) is 3.78. The Labute approximate surface area is 121 Å². The Balaban J connectivity index is 1.60. The van der Waals surface area contributed by atoms with Gasteiger partial charge in [-0.2, -0.15) is 0 Å². The van der Waals surface area contributed by atoms with E-state index in [1.54, 1.807) is 12.4 Å². The lowest BCUT2D eigenvalue weighted by atomic mass is 10.1. The third kappa shape index (κ3) is 2.17. The van der Waals surface area contributed by atoms with Gasteiger partial charge in [0.15, 0.2) is 0 Å². The van der Waals surface area contributed by atoms with Crippen molar-refractivity contribution in [2.75, 3.05) is 5.32 Å². The van der Waals surface area contributed by atoms with Crippen LogP contribution in [0.4, 0.5) is 5.69 Å². The zero-order chi connectivity index (χ0) is 14.2. The van der Waals surface area contributed by atoms with Crippen LogP contribution < -0.4 is 10.6 Å². The molecule has 2 aromatic carbocycles. The summed E-state index contributed by atoms with van der Waals surface area (Å²) in [5.41, 5.74) is 5.71. The number of aromatic amines is 1. The Kier molecular flexibility index (Phi) is 2.72. The molecule has 1 aliphatic rings. The topological polar surface area (TPSA) is 69.8 Å². The number of hydrogen-bond acceptors (Lipinski definition) is 3. The highest BCUT2D eigenvalue weighted by Gasteiger charge is 2.12. The summed E-state index contributed by atoms with van der Waals surface area (Å²) < 4.78 is 0. The summed E-state index contributed by atoms with van der Waals surface area (Å²) in [4.78, 5) is 19.5. The van der Waals surface area contributed by atoms with Crippen molar-refractivity contribution in [1.82, 2.24) is 15.3 Å². The molecule has 2 heterocycles. The van der Waals surface area contributed by atoms with E-state index in [1.807, 2.05) is 24.3 Å². The van der Waals surface area contributed by atoms with Gasteiger partial charge < -0.3 is 15.6 Å². The van der Waals surface area contributed by atoms with E-state index < -0.39 is 0 Å². The van der Waals surface area contributed by atoms with Crippen LogP contribution in [0, 0.1) is 0 Å².